The van der Waals surface area contributed by atoms with Gasteiger partial charge in [-0.05, 0) is 12.5 Å². The van der Waals surface area contributed by atoms with E-state index >= 15 is 0 Å². The Bertz CT molecular complexity index is 865. The van der Waals surface area contributed by atoms with Gasteiger partial charge in [-0.1, -0.05) is 17.7 Å². The van der Waals surface area contributed by atoms with E-state index in [1.165, 1.54) is 18.7 Å². The number of aromatic nitrogens is 4. The van der Waals surface area contributed by atoms with E-state index in [0.717, 1.165) is 0 Å². The first-order chi connectivity index (χ1) is 10.6. The minimum Gasteiger partial charge on any atom is -0.283 e. The second-order valence-electron chi connectivity index (χ2n) is 4.46. The van der Waals surface area contributed by atoms with E-state index in [2.05, 4.69) is 15.0 Å². The summed E-state index contributed by atoms with van der Waals surface area (Å²) in [5.41, 5.74) is 2.10. The molecule has 0 unspecified atom stereocenters. The van der Waals surface area contributed by atoms with E-state index < -0.39 is 4.92 Å². The Kier molecular flexibility index (Phi) is 3.91. The molecule has 0 saturated carbocycles. The Balaban J connectivity index is 2.17. The number of hydrogen-bond donors (Lipinski definition) is 0. The van der Waals surface area contributed by atoms with E-state index in [0.29, 0.717) is 34.7 Å². The fraction of sp³-hybridized carbons (Fsp3) is 0.154. The number of imidazole rings is 1. The van der Waals surface area contributed by atoms with Crippen molar-refractivity contribution in [3.8, 4) is 5.69 Å². The van der Waals surface area contributed by atoms with E-state index in [-0.39, 0.29) is 10.8 Å². The summed E-state index contributed by atoms with van der Waals surface area (Å²) in [7, 11) is 0. The molecule has 0 bridgehead atoms. The Hall–Kier alpha value is -2.25. The SMILES string of the molecule is O=[N+]([O-])c1cc(-n2cnc3c(Cl)ncnc32)ccc1CCCl. The normalized spacial score (nSPS) is 11.0. The molecule has 0 spiro atoms. The van der Waals surface area contributed by atoms with Gasteiger partial charge in [-0.15, -0.1) is 11.6 Å². The molecule has 0 amide bonds. The molecule has 112 valence electrons. The second kappa shape index (κ2) is 5.86. The first kappa shape index (κ1) is 14.7. The van der Waals surface area contributed by atoms with Crippen molar-refractivity contribution in [3.05, 3.63) is 51.7 Å². The number of alkyl halides is 1. The predicted molar refractivity (Wildman–Crippen MR) is 82.7 cm³/mol. The lowest BCUT2D eigenvalue weighted by molar-refractivity contribution is -0.385. The van der Waals surface area contributed by atoms with Crippen molar-refractivity contribution in [1.29, 1.82) is 0 Å². The first-order valence-corrected chi connectivity index (χ1v) is 7.20. The largest absolute Gasteiger partial charge is 0.283 e. The van der Waals surface area contributed by atoms with Crippen LogP contribution in [0.3, 0.4) is 0 Å². The monoisotopic (exact) mass is 337 g/mol. The van der Waals surface area contributed by atoms with Crippen molar-refractivity contribution < 1.29 is 4.92 Å². The van der Waals surface area contributed by atoms with Crippen LogP contribution in [0, 0.1) is 10.1 Å². The fourth-order valence-corrected chi connectivity index (χ4v) is 2.56. The molecule has 1 aromatic carbocycles. The predicted octanol–water partition coefficient (Wildman–Crippen LogP) is 3.16. The van der Waals surface area contributed by atoms with Crippen LogP contribution in [0.25, 0.3) is 16.9 Å². The molecular weight excluding hydrogens is 329 g/mol. The smallest absolute Gasteiger partial charge is 0.274 e. The number of nitro groups is 1. The summed E-state index contributed by atoms with van der Waals surface area (Å²) in [6.07, 6.45) is 3.25. The maximum atomic E-state index is 11.2. The molecule has 2 heterocycles. The summed E-state index contributed by atoms with van der Waals surface area (Å²) in [6.45, 7) is 0. The highest BCUT2D eigenvalue weighted by Gasteiger charge is 2.17. The van der Waals surface area contributed by atoms with Crippen molar-refractivity contribution in [2.45, 2.75) is 6.42 Å². The molecule has 0 aliphatic carbocycles. The highest BCUT2D eigenvalue weighted by molar-refractivity contribution is 6.33. The summed E-state index contributed by atoms with van der Waals surface area (Å²) in [4.78, 5) is 22.9. The van der Waals surface area contributed by atoms with E-state index in [9.17, 15) is 10.1 Å². The van der Waals surface area contributed by atoms with Crippen molar-refractivity contribution in [3.63, 3.8) is 0 Å². The van der Waals surface area contributed by atoms with Crippen LogP contribution in [0.2, 0.25) is 5.15 Å². The number of fused-ring (bicyclic) bond motifs is 1. The third-order valence-corrected chi connectivity index (χ3v) is 3.66. The van der Waals surface area contributed by atoms with Crippen LogP contribution in [0.1, 0.15) is 5.56 Å². The number of rotatable bonds is 4. The second-order valence-corrected chi connectivity index (χ2v) is 5.20. The number of halogens is 2. The lowest BCUT2D eigenvalue weighted by atomic mass is 10.1. The summed E-state index contributed by atoms with van der Waals surface area (Å²) in [5.74, 6) is 0.316. The van der Waals surface area contributed by atoms with Crippen LogP contribution in [-0.2, 0) is 6.42 Å². The van der Waals surface area contributed by atoms with Gasteiger partial charge in [0.2, 0.25) is 0 Å². The molecule has 0 radical (unpaired) electrons. The average Bonchev–Trinajstić information content (AvgIpc) is 2.93. The minimum atomic E-state index is -0.424. The van der Waals surface area contributed by atoms with Crippen LogP contribution >= 0.6 is 23.2 Å². The third kappa shape index (κ3) is 2.49. The quantitative estimate of drug-likeness (QED) is 0.316. The zero-order chi connectivity index (χ0) is 15.7. The highest BCUT2D eigenvalue weighted by atomic mass is 35.5. The van der Waals surface area contributed by atoms with Gasteiger partial charge in [0.25, 0.3) is 5.69 Å². The molecule has 0 saturated heterocycles. The molecule has 3 aromatic rings. The van der Waals surface area contributed by atoms with Gasteiger partial charge >= 0.3 is 0 Å². The van der Waals surface area contributed by atoms with Crippen LogP contribution in [0.4, 0.5) is 5.69 Å². The van der Waals surface area contributed by atoms with Gasteiger partial charge in [0, 0.05) is 17.5 Å². The van der Waals surface area contributed by atoms with Gasteiger partial charge in [0.1, 0.15) is 18.2 Å². The van der Waals surface area contributed by atoms with Crippen molar-refractivity contribution in [2.24, 2.45) is 0 Å². The Labute approximate surface area is 134 Å². The lowest BCUT2D eigenvalue weighted by Crippen LogP contribution is -2.00. The van der Waals surface area contributed by atoms with Crippen LogP contribution in [0.5, 0.6) is 0 Å². The Morgan fingerprint density at radius 3 is 2.82 bits per heavy atom. The van der Waals surface area contributed by atoms with Crippen LogP contribution < -0.4 is 0 Å². The number of benzene rings is 1. The molecule has 0 atom stereocenters. The van der Waals surface area contributed by atoms with E-state index in [1.54, 1.807) is 16.7 Å². The van der Waals surface area contributed by atoms with Gasteiger partial charge in [0.05, 0.1) is 10.6 Å². The number of nitrogens with zero attached hydrogens (tertiary/aromatic N) is 5. The van der Waals surface area contributed by atoms with Crippen molar-refractivity contribution in [1.82, 2.24) is 19.5 Å². The summed E-state index contributed by atoms with van der Waals surface area (Å²) < 4.78 is 1.63. The van der Waals surface area contributed by atoms with E-state index in [4.69, 9.17) is 23.2 Å². The zero-order valence-electron chi connectivity index (χ0n) is 11.1. The average molecular weight is 338 g/mol. The fourth-order valence-electron chi connectivity index (χ4n) is 2.18. The Morgan fingerprint density at radius 1 is 1.27 bits per heavy atom. The van der Waals surface area contributed by atoms with Crippen LogP contribution in [0.15, 0.2) is 30.9 Å². The number of nitro benzene ring substituents is 1. The van der Waals surface area contributed by atoms with E-state index in [1.807, 2.05) is 0 Å². The van der Waals surface area contributed by atoms with Gasteiger partial charge < -0.3 is 0 Å². The molecule has 2 aromatic heterocycles. The topological polar surface area (TPSA) is 86.7 Å². The molecule has 0 aliphatic rings. The molecule has 9 heteroatoms. The molecule has 3 rings (SSSR count). The number of hydrogen-bond acceptors (Lipinski definition) is 5. The van der Waals surface area contributed by atoms with Crippen molar-refractivity contribution >= 4 is 40.1 Å². The van der Waals surface area contributed by atoms with Gasteiger partial charge in [0.15, 0.2) is 10.8 Å². The maximum Gasteiger partial charge on any atom is 0.274 e. The Morgan fingerprint density at radius 2 is 2.09 bits per heavy atom. The molecular formula is C13H9Cl2N5O2. The number of aryl methyl sites for hydroxylation is 1. The zero-order valence-corrected chi connectivity index (χ0v) is 12.6. The van der Waals surface area contributed by atoms with Gasteiger partial charge in [-0.3, -0.25) is 14.7 Å². The lowest BCUT2D eigenvalue weighted by Gasteiger charge is -2.06. The molecule has 0 fully saturated rings. The molecule has 0 N–H and O–H groups in total. The molecule has 7 nitrogen and oxygen atoms in total. The van der Waals surface area contributed by atoms with Crippen molar-refractivity contribution in [2.75, 3.05) is 5.88 Å². The summed E-state index contributed by atoms with van der Waals surface area (Å²) >= 11 is 11.6. The summed E-state index contributed by atoms with van der Waals surface area (Å²) in [5, 5.41) is 11.5. The molecule has 0 aliphatic heterocycles. The minimum absolute atomic E-state index is 0.0140. The van der Waals surface area contributed by atoms with Gasteiger partial charge in [-0.25, -0.2) is 15.0 Å². The standard InChI is InChI=1S/C13H9Cl2N5O2/c14-4-3-8-1-2-9(5-10(8)20(21)22)19-7-18-11-12(15)16-6-17-13(11)19/h1-2,5-7H,3-4H2. The summed E-state index contributed by atoms with van der Waals surface area (Å²) in [6, 6.07) is 4.91. The van der Waals surface area contributed by atoms with Gasteiger partial charge in [-0.2, -0.15) is 0 Å². The highest BCUT2D eigenvalue weighted by Crippen LogP contribution is 2.26. The maximum absolute atomic E-state index is 11.2. The first-order valence-electron chi connectivity index (χ1n) is 6.29. The van der Waals surface area contributed by atoms with Crippen LogP contribution in [-0.4, -0.2) is 30.3 Å². The third-order valence-electron chi connectivity index (χ3n) is 3.20. The molecule has 22 heavy (non-hydrogen) atoms.